The van der Waals surface area contributed by atoms with Crippen molar-refractivity contribution in [2.75, 3.05) is 0 Å². The fraction of sp³-hybridized carbons (Fsp3) is 0.294. The van der Waals surface area contributed by atoms with Crippen LogP contribution in [0.1, 0.15) is 36.5 Å². The Morgan fingerprint density at radius 3 is 2.30 bits per heavy atom. The second-order valence-corrected chi connectivity index (χ2v) is 6.28. The maximum absolute atomic E-state index is 5.90. The Kier molecular flexibility index (Phi) is 5.11. The van der Waals surface area contributed by atoms with Gasteiger partial charge in [0.05, 0.1) is 0 Å². The number of hydrogen-bond donors (Lipinski definition) is 0. The van der Waals surface area contributed by atoms with Crippen LogP contribution in [0.25, 0.3) is 0 Å². The number of aryl methyl sites for hydroxylation is 1. The number of ether oxygens (including phenoxy) is 1. The second kappa shape index (κ2) is 6.64. The summed E-state index contributed by atoms with van der Waals surface area (Å²) >= 11 is 9.34. The highest BCUT2D eigenvalue weighted by Gasteiger charge is 2.06. The molecule has 0 saturated heterocycles. The number of rotatable bonds is 4. The summed E-state index contributed by atoms with van der Waals surface area (Å²) in [6, 6.07) is 12.1. The highest BCUT2D eigenvalue weighted by Crippen LogP contribution is 2.30. The molecule has 106 valence electrons. The quantitative estimate of drug-likeness (QED) is 0.577. The average molecular weight is 354 g/mol. The smallest absolute Gasteiger partial charge is 0.128 e. The molecule has 0 radical (unpaired) electrons. The van der Waals surface area contributed by atoms with Crippen molar-refractivity contribution in [1.82, 2.24) is 0 Å². The normalized spacial score (nSPS) is 10.9. The summed E-state index contributed by atoms with van der Waals surface area (Å²) in [4.78, 5) is 0. The van der Waals surface area contributed by atoms with E-state index in [0.717, 1.165) is 21.5 Å². The molecule has 0 bridgehead atoms. The van der Waals surface area contributed by atoms with Gasteiger partial charge in [0.1, 0.15) is 11.5 Å². The van der Waals surface area contributed by atoms with E-state index >= 15 is 0 Å². The van der Waals surface area contributed by atoms with Crippen molar-refractivity contribution in [3.05, 3.63) is 57.6 Å². The molecule has 0 unspecified atom stereocenters. The maximum Gasteiger partial charge on any atom is 0.128 e. The highest BCUT2D eigenvalue weighted by atomic mass is 79.9. The fourth-order valence-electron chi connectivity index (χ4n) is 2.20. The lowest BCUT2D eigenvalue weighted by Crippen LogP contribution is -1.93. The largest absolute Gasteiger partial charge is 0.457 e. The molecular formula is C17H18BrClO. The molecule has 0 spiro atoms. The van der Waals surface area contributed by atoms with Gasteiger partial charge < -0.3 is 4.74 Å². The van der Waals surface area contributed by atoms with E-state index in [4.69, 9.17) is 16.3 Å². The third-order valence-corrected chi connectivity index (χ3v) is 4.29. The topological polar surface area (TPSA) is 9.23 Å². The van der Waals surface area contributed by atoms with Gasteiger partial charge in [-0.3, -0.25) is 0 Å². The predicted octanol–water partition coefficient (Wildman–Crippen LogP) is 6.41. The molecule has 1 nitrogen and oxygen atoms in total. The van der Waals surface area contributed by atoms with Crippen molar-refractivity contribution in [3.8, 4) is 11.5 Å². The minimum atomic E-state index is 0.489. The molecule has 2 aromatic carbocycles. The molecule has 0 aliphatic heterocycles. The molecule has 0 amide bonds. The summed E-state index contributed by atoms with van der Waals surface area (Å²) in [5.74, 6) is 2.68. The first-order valence-corrected chi connectivity index (χ1v) is 7.97. The highest BCUT2D eigenvalue weighted by molar-refractivity contribution is 9.10. The third-order valence-electron chi connectivity index (χ3n) is 3.27. The lowest BCUT2D eigenvalue weighted by molar-refractivity contribution is 0.481. The molecule has 0 aliphatic carbocycles. The van der Waals surface area contributed by atoms with Gasteiger partial charge in [-0.05, 0) is 53.8 Å². The summed E-state index contributed by atoms with van der Waals surface area (Å²) in [5, 5.41) is 0. The Balaban J connectivity index is 2.22. The third kappa shape index (κ3) is 3.56. The van der Waals surface area contributed by atoms with Crippen molar-refractivity contribution in [2.24, 2.45) is 0 Å². The van der Waals surface area contributed by atoms with E-state index in [1.165, 1.54) is 11.1 Å². The van der Waals surface area contributed by atoms with Gasteiger partial charge in [-0.25, -0.2) is 0 Å². The molecule has 0 atom stereocenters. The Hall–Kier alpha value is -0.990. The Morgan fingerprint density at radius 1 is 1.10 bits per heavy atom. The van der Waals surface area contributed by atoms with Crippen LogP contribution in [0, 0.1) is 6.92 Å². The maximum atomic E-state index is 5.90. The van der Waals surface area contributed by atoms with E-state index < -0.39 is 0 Å². The zero-order valence-electron chi connectivity index (χ0n) is 11.9. The second-order valence-electron chi connectivity index (χ2n) is 5.16. The Morgan fingerprint density at radius 2 is 1.75 bits per heavy atom. The zero-order chi connectivity index (χ0) is 14.7. The first-order chi connectivity index (χ1) is 9.51. The van der Waals surface area contributed by atoms with E-state index in [2.05, 4.69) is 48.8 Å². The molecule has 0 fully saturated rings. The van der Waals surface area contributed by atoms with Gasteiger partial charge in [0, 0.05) is 10.4 Å². The Labute approximate surface area is 134 Å². The first-order valence-electron chi connectivity index (χ1n) is 6.64. The summed E-state index contributed by atoms with van der Waals surface area (Å²) in [6.07, 6.45) is 0. The Bertz CT molecular complexity index is 608. The van der Waals surface area contributed by atoms with E-state index in [9.17, 15) is 0 Å². The number of hydrogen-bond acceptors (Lipinski definition) is 1. The summed E-state index contributed by atoms with van der Waals surface area (Å²) in [5.41, 5.74) is 3.68. The van der Waals surface area contributed by atoms with Gasteiger partial charge in [-0.1, -0.05) is 41.9 Å². The molecule has 0 aromatic heterocycles. The van der Waals surface area contributed by atoms with Crippen LogP contribution in [0.15, 0.2) is 40.9 Å². The van der Waals surface area contributed by atoms with E-state index in [1.54, 1.807) is 0 Å². The van der Waals surface area contributed by atoms with Crippen LogP contribution in [0.3, 0.4) is 0 Å². The van der Waals surface area contributed by atoms with Gasteiger partial charge in [-0.2, -0.15) is 0 Å². The van der Waals surface area contributed by atoms with E-state index in [0.29, 0.717) is 11.8 Å². The van der Waals surface area contributed by atoms with Crippen LogP contribution in [0.4, 0.5) is 0 Å². The molecule has 0 aliphatic rings. The van der Waals surface area contributed by atoms with Crippen molar-refractivity contribution >= 4 is 27.5 Å². The van der Waals surface area contributed by atoms with Crippen LogP contribution in [0.2, 0.25) is 0 Å². The van der Waals surface area contributed by atoms with E-state index in [-0.39, 0.29) is 0 Å². The molecule has 2 aromatic rings. The molecule has 0 heterocycles. The summed E-state index contributed by atoms with van der Waals surface area (Å²) in [7, 11) is 0. The summed E-state index contributed by atoms with van der Waals surface area (Å²) in [6.45, 7) is 6.52. The minimum Gasteiger partial charge on any atom is -0.457 e. The minimum absolute atomic E-state index is 0.489. The van der Waals surface area contributed by atoms with Crippen molar-refractivity contribution < 1.29 is 4.74 Å². The lowest BCUT2D eigenvalue weighted by Gasteiger charge is -2.13. The molecule has 20 heavy (non-hydrogen) atoms. The van der Waals surface area contributed by atoms with Gasteiger partial charge >= 0.3 is 0 Å². The molecule has 2 rings (SSSR count). The number of alkyl halides is 1. The first kappa shape index (κ1) is 15.4. The molecule has 0 N–H and O–H groups in total. The van der Waals surface area contributed by atoms with Gasteiger partial charge in [0.2, 0.25) is 0 Å². The lowest BCUT2D eigenvalue weighted by atomic mass is 9.98. The summed E-state index contributed by atoms with van der Waals surface area (Å²) < 4.78 is 6.87. The predicted molar refractivity (Wildman–Crippen MR) is 89.0 cm³/mol. The molecule has 0 saturated carbocycles. The zero-order valence-corrected chi connectivity index (χ0v) is 14.3. The molecule has 3 heteroatoms. The van der Waals surface area contributed by atoms with Gasteiger partial charge in [-0.15, -0.1) is 11.6 Å². The SMILES string of the molecule is Cc1cc(Oc2ccc(CCl)c(Br)c2)ccc1C(C)C. The van der Waals surface area contributed by atoms with Crippen molar-refractivity contribution in [3.63, 3.8) is 0 Å². The van der Waals surface area contributed by atoms with Gasteiger partial charge in [0.25, 0.3) is 0 Å². The van der Waals surface area contributed by atoms with Crippen LogP contribution in [-0.4, -0.2) is 0 Å². The van der Waals surface area contributed by atoms with Gasteiger partial charge in [0.15, 0.2) is 0 Å². The van der Waals surface area contributed by atoms with Crippen LogP contribution >= 0.6 is 27.5 Å². The van der Waals surface area contributed by atoms with Crippen molar-refractivity contribution in [2.45, 2.75) is 32.6 Å². The number of halogens is 2. The van der Waals surface area contributed by atoms with Crippen LogP contribution in [0.5, 0.6) is 11.5 Å². The monoisotopic (exact) mass is 352 g/mol. The average Bonchev–Trinajstić information content (AvgIpc) is 2.38. The molecular weight excluding hydrogens is 336 g/mol. The van der Waals surface area contributed by atoms with Crippen molar-refractivity contribution in [1.29, 1.82) is 0 Å². The fourth-order valence-corrected chi connectivity index (χ4v) is 3.09. The standard InChI is InChI=1S/C17H18BrClO/c1-11(2)16-7-6-14(8-12(16)3)20-15-5-4-13(10-19)17(18)9-15/h4-9,11H,10H2,1-3H3. The number of benzene rings is 2. The van der Waals surface area contributed by atoms with Crippen LogP contribution in [-0.2, 0) is 5.88 Å². The van der Waals surface area contributed by atoms with Crippen LogP contribution < -0.4 is 4.74 Å². The van der Waals surface area contributed by atoms with E-state index in [1.807, 2.05) is 24.3 Å².